The standard InChI is InChI=1S/C9H15NO6/c1-9(2)15-5-7(16-9)6(3-8(11)12)4-10(13)14/h6-7H,3-5H2,1-2H3,(H,11,12). The van der Waals surface area contributed by atoms with Crippen LogP contribution in [0.2, 0.25) is 0 Å². The van der Waals surface area contributed by atoms with Gasteiger partial charge in [0, 0.05) is 4.92 Å². The van der Waals surface area contributed by atoms with Crippen molar-refractivity contribution in [3.05, 3.63) is 10.1 Å². The van der Waals surface area contributed by atoms with Crippen LogP contribution in [0.25, 0.3) is 0 Å². The Kier molecular flexibility index (Phi) is 3.82. The first-order chi connectivity index (χ1) is 7.30. The number of nitrogens with zero attached hydrogens (tertiary/aromatic N) is 1. The van der Waals surface area contributed by atoms with Gasteiger partial charge < -0.3 is 14.6 Å². The monoisotopic (exact) mass is 233 g/mol. The fourth-order valence-electron chi connectivity index (χ4n) is 1.68. The van der Waals surface area contributed by atoms with Crippen LogP contribution in [0.5, 0.6) is 0 Å². The Hall–Kier alpha value is -1.21. The molecule has 7 nitrogen and oxygen atoms in total. The van der Waals surface area contributed by atoms with E-state index in [9.17, 15) is 14.9 Å². The van der Waals surface area contributed by atoms with Crippen molar-refractivity contribution in [1.82, 2.24) is 0 Å². The van der Waals surface area contributed by atoms with E-state index in [2.05, 4.69) is 0 Å². The van der Waals surface area contributed by atoms with Gasteiger partial charge in [-0.2, -0.15) is 0 Å². The summed E-state index contributed by atoms with van der Waals surface area (Å²) in [6.45, 7) is 3.16. The van der Waals surface area contributed by atoms with Gasteiger partial charge in [0.25, 0.3) is 0 Å². The Morgan fingerprint density at radius 2 is 2.31 bits per heavy atom. The SMILES string of the molecule is CC1(C)OCC(C(CC(=O)O)C[N+](=O)[O-])O1. The molecule has 1 saturated heterocycles. The highest BCUT2D eigenvalue weighted by molar-refractivity contribution is 5.67. The summed E-state index contributed by atoms with van der Waals surface area (Å²) in [6.07, 6.45) is -0.818. The highest BCUT2D eigenvalue weighted by Crippen LogP contribution is 2.28. The molecule has 0 aromatic rings. The number of carboxylic acid groups (broad SMARTS) is 1. The van der Waals surface area contributed by atoms with Crippen molar-refractivity contribution in [3.63, 3.8) is 0 Å². The smallest absolute Gasteiger partial charge is 0.303 e. The Morgan fingerprint density at radius 1 is 1.69 bits per heavy atom. The first-order valence-corrected chi connectivity index (χ1v) is 4.95. The Balaban J connectivity index is 2.62. The third kappa shape index (κ3) is 3.74. The molecule has 0 amide bonds. The van der Waals surface area contributed by atoms with Crippen molar-refractivity contribution < 1.29 is 24.3 Å². The van der Waals surface area contributed by atoms with Gasteiger partial charge in [0.15, 0.2) is 5.79 Å². The fraction of sp³-hybridized carbons (Fsp3) is 0.889. The summed E-state index contributed by atoms with van der Waals surface area (Å²) < 4.78 is 10.7. The molecule has 2 unspecified atom stereocenters. The molecule has 0 aliphatic carbocycles. The van der Waals surface area contributed by atoms with E-state index in [4.69, 9.17) is 14.6 Å². The number of hydrogen-bond acceptors (Lipinski definition) is 5. The summed E-state index contributed by atoms with van der Waals surface area (Å²) in [7, 11) is 0. The molecule has 1 N–H and O–H groups in total. The highest BCUT2D eigenvalue weighted by Gasteiger charge is 2.40. The van der Waals surface area contributed by atoms with Gasteiger partial charge in [0.1, 0.15) is 0 Å². The zero-order chi connectivity index (χ0) is 12.3. The highest BCUT2D eigenvalue weighted by atomic mass is 16.7. The van der Waals surface area contributed by atoms with Crippen molar-refractivity contribution in [2.24, 2.45) is 5.92 Å². The molecule has 0 saturated carbocycles. The average molecular weight is 233 g/mol. The molecule has 0 radical (unpaired) electrons. The molecule has 16 heavy (non-hydrogen) atoms. The number of ether oxygens (including phenoxy) is 2. The number of aliphatic carboxylic acids is 1. The van der Waals surface area contributed by atoms with Crippen LogP contribution in [0.4, 0.5) is 0 Å². The second kappa shape index (κ2) is 4.75. The fourth-order valence-corrected chi connectivity index (χ4v) is 1.68. The van der Waals surface area contributed by atoms with Gasteiger partial charge in [0.05, 0.1) is 25.0 Å². The minimum absolute atomic E-state index is 0.193. The van der Waals surface area contributed by atoms with E-state index in [0.717, 1.165) is 0 Å². The lowest BCUT2D eigenvalue weighted by atomic mass is 9.99. The maximum absolute atomic E-state index is 10.6. The number of rotatable bonds is 5. The van der Waals surface area contributed by atoms with Crippen LogP contribution < -0.4 is 0 Å². The summed E-state index contributed by atoms with van der Waals surface area (Å²) in [5.41, 5.74) is 0. The average Bonchev–Trinajstić information content (AvgIpc) is 2.43. The summed E-state index contributed by atoms with van der Waals surface area (Å²) in [4.78, 5) is 20.5. The minimum atomic E-state index is -1.07. The molecule has 92 valence electrons. The maximum atomic E-state index is 10.6. The molecule has 0 bridgehead atoms. The zero-order valence-corrected chi connectivity index (χ0v) is 9.21. The number of carbonyl (C=O) groups is 1. The van der Waals surface area contributed by atoms with E-state index in [0.29, 0.717) is 0 Å². The Labute approximate surface area is 92.5 Å². The van der Waals surface area contributed by atoms with Crippen LogP contribution >= 0.6 is 0 Å². The van der Waals surface area contributed by atoms with Crippen LogP contribution in [0.1, 0.15) is 20.3 Å². The lowest BCUT2D eigenvalue weighted by Gasteiger charge is -2.20. The summed E-state index contributed by atoms with van der Waals surface area (Å²) in [5, 5.41) is 19.1. The third-order valence-electron chi connectivity index (χ3n) is 2.38. The molecule has 1 heterocycles. The van der Waals surface area contributed by atoms with Crippen molar-refractivity contribution in [1.29, 1.82) is 0 Å². The third-order valence-corrected chi connectivity index (χ3v) is 2.38. The van der Waals surface area contributed by atoms with Crippen LogP contribution in [0.3, 0.4) is 0 Å². The maximum Gasteiger partial charge on any atom is 0.303 e. The zero-order valence-electron chi connectivity index (χ0n) is 9.21. The predicted octanol–water partition coefficient (Wildman–Crippen LogP) is 0.506. The van der Waals surface area contributed by atoms with Crippen molar-refractivity contribution in [2.75, 3.05) is 13.2 Å². The van der Waals surface area contributed by atoms with E-state index in [1.54, 1.807) is 13.8 Å². The lowest BCUT2D eigenvalue weighted by molar-refractivity contribution is -0.490. The van der Waals surface area contributed by atoms with Gasteiger partial charge in [-0.3, -0.25) is 14.9 Å². The van der Waals surface area contributed by atoms with Crippen LogP contribution in [-0.2, 0) is 14.3 Å². The number of nitro groups is 1. The molecular formula is C9H15NO6. The molecule has 1 fully saturated rings. The van der Waals surface area contributed by atoms with E-state index in [-0.39, 0.29) is 13.0 Å². The predicted molar refractivity (Wildman–Crippen MR) is 52.5 cm³/mol. The van der Waals surface area contributed by atoms with E-state index >= 15 is 0 Å². The van der Waals surface area contributed by atoms with Crippen molar-refractivity contribution >= 4 is 5.97 Å². The van der Waals surface area contributed by atoms with Gasteiger partial charge in [-0.05, 0) is 13.8 Å². The largest absolute Gasteiger partial charge is 0.481 e. The summed E-state index contributed by atoms with van der Waals surface area (Å²) >= 11 is 0. The number of hydrogen-bond donors (Lipinski definition) is 1. The molecule has 7 heteroatoms. The molecule has 1 rings (SSSR count). The van der Waals surface area contributed by atoms with E-state index in [1.165, 1.54) is 0 Å². The first-order valence-electron chi connectivity index (χ1n) is 4.95. The van der Waals surface area contributed by atoms with Gasteiger partial charge in [-0.25, -0.2) is 0 Å². The van der Waals surface area contributed by atoms with E-state index in [1.807, 2.05) is 0 Å². The summed E-state index contributed by atoms with van der Waals surface area (Å²) in [5.74, 6) is -2.52. The minimum Gasteiger partial charge on any atom is -0.481 e. The number of carboxylic acids is 1. The second-order valence-corrected chi connectivity index (χ2v) is 4.24. The molecular weight excluding hydrogens is 218 g/mol. The van der Waals surface area contributed by atoms with Crippen LogP contribution in [0, 0.1) is 16.0 Å². The Morgan fingerprint density at radius 3 is 2.69 bits per heavy atom. The molecule has 1 aliphatic rings. The normalized spacial score (nSPS) is 25.2. The first kappa shape index (κ1) is 12.9. The van der Waals surface area contributed by atoms with Crippen LogP contribution in [-0.4, -0.2) is 41.0 Å². The Bertz CT molecular complexity index is 274. The molecule has 0 spiro atoms. The van der Waals surface area contributed by atoms with Gasteiger partial charge in [-0.1, -0.05) is 0 Å². The van der Waals surface area contributed by atoms with Gasteiger partial charge in [0.2, 0.25) is 6.54 Å². The van der Waals surface area contributed by atoms with Crippen molar-refractivity contribution in [3.8, 4) is 0 Å². The van der Waals surface area contributed by atoms with Crippen LogP contribution in [0.15, 0.2) is 0 Å². The molecule has 2 atom stereocenters. The molecule has 1 aliphatic heterocycles. The molecule has 0 aromatic heterocycles. The quantitative estimate of drug-likeness (QED) is 0.548. The lowest BCUT2D eigenvalue weighted by Crippen LogP contribution is -2.33. The van der Waals surface area contributed by atoms with Gasteiger partial charge in [-0.15, -0.1) is 0 Å². The molecule has 0 aromatic carbocycles. The second-order valence-electron chi connectivity index (χ2n) is 4.24. The topological polar surface area (TPSA) is 98.9 Å². The van der Waals surface area contributed by atoms with E-state index < -0.39 is 35.2 Å². The summed E-state index contributed by atoms with van der Waals surface area (Å²) in [6, 6.07) is 0. The van der Waals surface area contributed by atoms with Gasteiger partial charge >= 0.3 is 5.97 Å². The van der Waals surface area contributed by atoms with Crippen molar-refractivity contribution in [2.45, 2.75) is 32.2 Å².